The van der Waals surface area contributed by atoms with Crippen LogP contribution in [0.15, 0.2) is 42.5 Å². The second-order valence-corrected chi connectivity index (χ2v) is 5.03. The number of aromatic nitrogens is 2. The third kappa shape index (κ3) is 2.42. The molecule has 3 aromatic rings. The van der Waals surface area contributed by atoms with Crippen LogP contribution in [0.3, 0.4) is 0 Å². The second-order valence-electron chi connectivity index (χ2n) is 4.23. The van der Waals surface area contributed by atoms with Gasteiger partial charge in [0.25, 0.3) is 0 Å². The van der Waals surface area contributed by atoms with Gasteiger partial charge in [-0.3, -0.25) is 0 Å². The quantitative estimate of drug-likeness (QED) is 0.648. The number of para-hydroxylation sites is 1. The van der Waals surface area contributed by atoms with Crippen molar-refractivity contribution >= 4 is 34.1 Å². The number of ether oxygens (including phenoxy) is 1. The highest BCUT2D eigenvalue weighted by molar-refractivity contribution is 6.34. The molecule has 0 spiro atoms. The average molecular weight is 305 g/mol. The van der Waals surface area contributed by atoms with Crippen molar-refractivity contribution in [3.8, 4) is 17.1 Å². The van der Waals surface area contributed by atoms with Gasteiger partial charge in [0, 0.05) is 16.0 Å². The van der Waals surface area contributed by atoms with Gasteiger partial charge in [-0.15, -0.1) is 0 Å². The van der Waals surface area contributed by atoms with Crippen molar-refractivity contribution in [2.75, 3.05) is 7.11 Å². The summed E-state index contributed by atoms with van der Waals surface area (Å²) in [5.41, 5.74) is 1.56. The Kier molecular flexibility index (Phi) is 3.47. The maximum absolute atomic E-state index is 6.21. The van der Waals surface area contributed by atoms with Crippen LogP contribution in [0.25, 0.3) is 22.3 Å². The molecule has 0 atom stereocenters. The lowest BCUT2D eigenvalue weighted by atomic mass is 10.2. The van der Waals surface area contributed by atoms with Crippen molar-refractivity contribution in [3.05, 3.63) is 52.6 Å². The van der Waals surface area contributed by atoms with E-state index in [1.54, 1.807) is 19.2 Å². The third-order valence-corrected chi connectivity index (χ3v) is 3.43. The minimum absolute atomic E-state index is 0.421. The first kappa shape index (κ1) is 13.2. The molecular weight excluding hydrogens is 295 g/mol. The lowest BCUT2D eigenvalue weighted by Crippen LogP contribution is -1.93. The van der Waals surface area contributed by atoms with Gasteiger partial charge in [0.1, 0.15) is 10.9 Å². The molecule has 5 heteroatoms. The lowest BCUT2D eigenvalue weighted by Gasteiger charge is -2.07. The van der Waals surface area contributed by atoms with E-state index >= 15 is 0 Å². The van der Waals surface area contributed by atoms with Gasteiger partial charge in [0.2, 0.25) is 0 Å². The van der Waals surface area contributed by atoms with Crippen molar-refractivity contribution in [2.45, 2.75) is 0 Å². The third-order valence-electron chi connectivity index (χ3n) is 2.92. The summed E-state index contributed by atoms with van der Waals surface area (Å²) in [5, 5.41) is 1.81. The Hall–Kier alpha value is -1.84. The molecule has 0 saturated carbocycles. The van der Waals surface area contributed by atoms with Crippen molar-refractivity contribution in [2.24, 2.45) is 0 Å². The fourth-order valence-electron chi connectivity index (χ4n) is 1.98. The molecule has 0 amide bonds. The molecule has 3 nitrogen and oxygen atoms in total. The Bertz CT molecular complexity index is 790. The number of methoxy groups -OCH3 is 1. The summed E-state index contributed by atoms with van der Waals surface area (Å²) in [4.78, 5) is 8.84. The van der Waals surface area contributed by atoms with E-state index in [9.17, 15) is 0 Å². The summed E-state index contributed by atoms with van der Waals surface area (Å²) in [6.45, 7) is 0. The topological polar surface area (TPSA) is 35.0 Å². The summed E-state index contributed by atoms with van der Waals surface area (Å²) >= 11 is 12.3. The zero-order valence-corrected chi connectivity index (χ0v) is 12.1. The number of nitrogens with zero attached hydrogens (tertiary/aromatic N) is 2. The number of benzene rings is 2. The molecule has 0 fully saturated rings. The van der Waals surface area contributed by atoms with Crippen LogP contribution in [-0.2, 0) is 0 Å². The molecule has 2 aromatic carbocycles. The van der Waals surface area contributed by atoms with Gasteiger partial charge >= 0.3 is 0 Å². The van der Waals surface area contributed by atoms with E-state index in [1.165, 1.54) is 0 Å². The Morgan fingerprint density at radius 2 is 1.80 bits per heavy atom. The second kappa shape index (κ2) is 5.27. The van der Waals surface area contributed by atoms with E-state index in [4.69, 9.17) is 27.9 Å². The summed E-state index contributed by atoms with van der Waals surface area (Å²) in [6, 6.07) is 12.9. The highest BCUT2D eigenvalue weighted by Crippen LogP contribution is 2.29. The van der Waals surface area contributed by atoms with Crippen molar-refractivity contribution in [1.29, 1.82) is 0 Å². The molecule has 20 heavy (non-hydrogen) atoms. The van der Waals surface area contributed by atoms with E-state index in [0.29, 0.717) is 21.7 Å². The van der Waals surface area contributed by atoms with Crippen molar-refractivity contribution in [1.82, 2.24) is 9.97 Å². The van der Waals surface area contributed by atoms with Crippen LogP contribution in [0.2, 0.25) is 10.2 Å². The number of rotatable bonds is 2. The molecular formula is C15H10Cl2N2O. The van der Waals surface area contributed by atoms with E-state index in [2.05, 4.69) is 9.97 Å². The molecule has 0 N–H and O–H groups in total. The molecule has 0 radical (unpaired) electrons. The zero-order valence-electron chi connectivity index (χ0n) is 10.6. The minimum Gasteiger partial charge on any atom is -0.497 e. The van der Waals surface area contributed by atoms with Crippen molar-refractivity contribution in [3.63, 3.8) is 0 Å². The highest BCUT2D eigenvalue weighted by Gasteiger charge is 2.09. The van der Waals surface area contributed by atoms with Gasteiger partial charge in [0.15, 0.2) is 5.82 Å². The molecule has 0 aliphatic carbocycles. The monoisotopic (exact) mass is 304 g/mol. The standard InChI is InChI=1S/C15H10Cl2N2O/c1-20-11-7-9(6-10(16)8-11)15-18-13-5-3-2-4-12(13)14(17)19-15/h2-8H,1H3. The van der Waals surface area contributed by atoms with E-state index in [1.807, 2.05) is 30.3 Å². The van der Waals surface area contributed by atoms with Crippen LogP contribution in [-0.4, -0.2) is 17.1 Å². The van der Waals surface area contributed by atoms with Gasteiger partial charge < -0.3 is 4.74 Å². The van der Waals surface area contributed by atoms with Crippen LogP contribution in [0, 0.1) is 0 Å². The van der Waals surface area contributed by atoms with Crippen molar-refractivity contribution < 1.29 is 4.74 Å². The summed E-state index contributed by atoms with van der Waals surface area (Å²) in [5.74, 6) is 1.18. The average Bonchev–Trinajstić information content (AvgIpc) is 2.46. The molecule has 0 aliphatic heterocycles. The molecule has 1 aromatic heterocycles. The predicted molar refractivity (Wildman–Crippen MR) is 81.5 cm³/mol. The van der Waals surface area contributed by atoms with Crippen LogP contribution < -0.4 is 4.74 Å². The van der Waals surface area contributed by atoms with Crippen LogP contribution in [0.4, 0.5) is 0 Å². The zero-order chi connectivity index (χ0) is 14.1. The number of halogens is 2. The normalized spacial score (nSPS) is 10.8. The first-order chi connectivity index (χ1) is 9.67. The SMILES string of the molecule is COc1cc(Cl)cc(-c2nc(Cl)c3ccccc3n2)c1. The summed E-state index contributed by atoms with van der Waals surface area (Å²) in [7, 11) is 1.59. The van der Waals surface area contributed by atoms with Crippen LogP contribution in [0.1, 0.15) is 0 Å². The lowest BCUT2D eigenvalue weighted by molar-refractivity contribution is 0.415. The van der Waals surface area contributed by atoms with Gasteiger partial charge in [-0.2, -0.15) is 0 Å². The Morgan fingerprint density at radius 1 is 1.00 bits per heavy atom. The molecule has 0 unspecified atom stereocenters. The first-order valence-electron chi connectivity index (χ1n) is 5.94. The first-order valence-corrected chi connectivity index (χ1v) is 6.70. The Morgan fingerprint density at radius 3 is 2.60 bits per heavy atom. The molecule has 0 saturated heterocycles. The molecule has 0 bridgehead atoms. The maximum Gasteiger partial charge on any atom is 0.161 e. The summed E-state index contributed by atoms with van der Waals surface area (Å²) < 4.78 is 5.20. The molecule has 1 heterocycles. The van der Waals surface area contributed by atoms with Gasteiger partial charge in [-0.1, -0.05) is 35.3 Å². The van der Waals surface area contributed by atoms with Gasteiger partial charge in [-0.05, 0) is 30.3 Å². The van der Waals surface area contributed by atoms with Gasteiger partial charge in [-0.25, -0.2) is 9.97 Å². The number of fused-ring (bicyclic) bond motifs is 1. The molecule has 0 aliphatic rings. The fraction of sp³-hybridized carbons (Fsp3) is 0.0667. The van der Waals surface area contributed by atoms with Crippen LogP contribution in [0.5, 0.6) is 5.75 Å². The highest BCUT2D eigenvalue weighted by atomic mass is 35.5. The molecule has 3 rings (SSSR count). The predicted octanol–water partition coefficient (Wildman–Crippen LogP) is 4.61. The Balaban J connectivity index is 2.22. The smallest absolute Gasteiger partial charge is 0.161 e. The molecule has 100 valence electrons. The van der Waals surface area contributed by atoms with E-state index < -0.39 is 0 Å². The maximum atomic E-state index is 6.21. The largest absolute Gasteiger partial charge is 0.497 e. The number of hydrogen-bond acceptors (Lipinski definition) is 3. The van der Waals surface area contributed by atoms with Crippen LogP contribution >= 0.6 is 23.2 Å². The summed E-state index contributed by atoms with van der Waals surface area (Å²) in [6.07, 6.45) is 0. The minimum atomic E-state index is 0.421. The fourth-order valence-corrected chi connectivity index (χ4v) is 2.44. The van der Waals surface area contributed by atoms with Gasteiger partial charge in [0.05, 0.1) is 12.6 Å². The number of hydrogen-bond donors (Lipinski definition) is 0. The van der Waals surface area contributed by atoms with E-state index in [0.717, 1.165) is 16.5 Å². The Labute approximate surface area is 126 Å². The van der Waals surface area contributed by atoms with E-state index in [-0.39, 0.29) is 0 Å².